The number of carbonyl (C=O) groups is 2. The number of Topliss-reactive ketones (excluding diaryl/α,β-unsaturated/α-hetero) is 1. The van der Waals surface area contributed by atoms with Crippen molar-refractivity contribution >= 4 is 11.7 Å². The number of hydrogen-bond acceptors (Lipinski definition) is 8. The number of carbonyl (C=O) groups excluding carboxylic acids is 2. The number of ether oxygens (including phenoxy) is 2. The van der Waals surface area contributed by atoms with Gasteiger partial charge in [-0.1, -0.05) is 17.3 Å². The Bertz CT molecular complexity index is 1290. The van der Waals surface area contributed by atoms with Crippen LogP contribution in [0.1, 0.15) is 12.5 Å². The molecular weight excluding hydrogens is 497 g/mol. The molecule has 3 unspecified atom stereocenters. The number of amides is 1. The molecule has 0 saturated carbocycles. The number of likely N-dealkylation sites (N-methyl/N-ethyl adjacent to an activating group) is 1. The lowest BCUT2D eigenvalue weighted by molar-refractivity contribution is -0.179. The molecule has 10 nitrogen and oxygen atoms in total. The molecule has 0 bridgehead atoms. The van der Waals surface area contributed by atoms with Crippen molar-refractivity contribution in [3.63, 3.8) is 0 Å². The smallest absolute Gasteiger partial charge is 0.262 e. The zero-order valence-corrected chi connectivity index (χ0v) is 19.5. The number of aliphatic hydroxyl groups excluding tert-OH is 2. The highest BCUT2D eigenvalue weighted by Crippen LogP contribution is 2.26. The highest BCUT2D eigenvalue weighted by atomic mass is 19.2. The third-order valence-electron chi connectivity index (χ3n) is 5.79. The summed E-state index contributed by atoms with van der Waals surface area (Å²) in [6.45, 7) is -0.976. The van der Waals surface area contributed by atoms with E-state index in [4.69, 9.17) is 9.47 Å². The van der Waals surface area contributed by atoms with Gasteiger partial charge >= 0.3 is 0 Å². The van der Waals surface area contributed by atoms with E-state index >= 15 is 0 Å². The SMILES string of the molecule is CN(C(=O)COc1ccc(F)c(F)c1)[C@@H]1OCC(O)CC(=O)C(n2cc(-c3cccc(F)c3)nn2)C1O. The molecule has 2 aromatic carbocycles. The van der Waals surface area contributed by atoms with Crippen LogP contribution in [0.2, 0.25) is 0 Å². The molecule has 0 radical (unpaired) electrons. The van der Waals surface area contributed by atoms with Crippen LogP contribution in [-0.4, -0.2) is 80.5 Å². The fourth-order valence-electron chi connectivity index (χ4n) is 3.86. The third kappa shape index (κ3) is 5.96. The molecule has 1 aliphatic heterocycles. The van der Waals surface area contributed by atoms with E-state index in [2.05, 4.69) is 10.3 Å². The first-order valence-electron chi connectivity index (χ1n) is 11.2. The Hall–Kier alpha value is -3.81. The second-order valence-corrected chi connectivity index (χ2v) is 8.45. The number of nitrogens with zero attached hydrogens (tertiary/aromatic N) is 4. The van der Waals surface area contributed by atoms with Gasteiger partial charge in [-0.15, -0.1) is 5.10 Å². The number of aliphatic hydroxyl groups is 2. The van der Waals surface area contributed by atoms with Crippen molar-refractivity contribution in [3.05, 3.63) is 66.1 Å². The molecule has 1 aromatic heterocycles. The average molecular weight is 520 g/mol. The molecule has 0 spiro atoms. The fraction of sp³-hybridized carbons (Fsp3) is 0.333. The molecule has 2 N–H and O–H groups in total. The predicted octanol–water partition coefficient (Wildman–Crippen LogP) is 1.48. The minimum absolute atomic E-state index is 0.101. The van der Waals surface area contributed by atoms with E-state index in [0.717, 1.165) is 27.8 Å². The first kappa shape index (κ1) is 26.3. The summed E-state index contributed by atoms with van der Waals surface area (Å²) in [4.78, 5) is 26.7. The van der Waals surface area contributed by atoms with Crippen LogP contribution in [0.3, 0.4) is 0 Å². The zero-order valence-electron chi connectivity index (χ0n) is 19.5. The maximum Gasteiger partial charge on any atom is 0.262 e. The van der Waals surface area contributed by atoms with E-state index in [1.54, 1.807) is 6.07 Å². The molecule has 1 saturated heterocycles. The molecule has 196 valence electrons. The molecule has 4 atom stereocenters. The summed E-state index contributed by atoms with van der Waals surface area (Å²) in [6.07, 6.45) is -3.33. The lowest BCUT2D eigenvalue weighted by Crippen LogP contribution is -2.54. The Morgan fingerprint density at radius 1 is 1.19 bits per heavy atom. The summed E-state index contributed by atoms with van der Waals surface area (Å²) < 4.78 is 52.0. The molecule has 3 aromatic rings. The van der Waals surface area contributed by atoms with E-state index in [0.29, 0.717) is 5.56 Å². The van der Waals surface area contributed by atoms with Gasteiger partial charge in [0.2, 0.25) is 0 Å². The first-order chi connectivity index (χ1) is 17.6. The maximum atomic E-state index is 13.6. The average Bonchev–Trinajstić information content (AvgIpc) is 3.33. The maximum absolute atomic E-state index is 13.6. The van der Waals surface area contributed by atoms with Crippen LogP contribution >= 0.6 is 0 Å². The highest BCUT2D eigenvalue weighted by molar-refractivity contribution is 5.84. The standard InChI is InChI=1S/C24H23F3N4O6/c1-30(21(34)12-36-16-5-6-17(26)18(27)9-16)24-23(35)22(20(33)8-15(32)11-37-24)31-10-19(28-29-31)13-3-2-4-14(25)7-13/h2-7,9-10,15,22-24,32,35H,8,11-12H2,1H3/t15?,22?,23?,24-/m1/s1. The molecule has 37 heavy (non-hydrogen) atoms. The van der Waals surface area contributed by atoms with Gasteiger partial charge in [0, 0.05) is 25.1 Å². The van der Waals surface area contributed by atoms with Gasteiger partial charge in [-0.2, -0.15) is 0 Å². The lowest BCUT2D eigenvalue weighted by atomic mass is 9.98. The van der Waals surface area contributed by atoms with E-state index in [1.807, 2.05) is 0 Å². The molecule has 2 heterocycles. The Labute approximate surface area is 208 Å². The predicted molar refractivity (Wildman–Crippen MR) is 120 cm³/mol. The number of ketones is 1. The van der Waals surface area contributed by atoms with Gasteiger partial charge in [-0.05, 0) is 24.3 Å². The molecular formula is C24H23F3N4O6. The summed E-state index contributed by atoms with van der Waals surface area (Å²) in [5.74, 6) is -4.16. The summed E-state index contributed by atoms with van der Waals surface area (Å²) in [5, 5.41) is 29.2. The third-order valence-corrected chi connectivity index (χ3v) is 5.79. The van der Waals surface area contributed by atoms with Crippen LogP contribution in [0.5, 0.6) is 5.75 Å². The quantitative estimate of drug-likeness (QED) is 0.501. The second kappa shape index (κ2) is 11.1. The van der Waals surface area contributed by atoms with Crippen molar-refractivity contribution in [1.82, 2.24) is 19.9 Å². The van der Waals surface area contributed by atoms with Crippen LogP contribution in [0.15, 0.2) is 48.7 Å². The van der Waals surface area contributed by atoms with Crippen LogP contribution in [0.4, 0.5) is 13.2 Å². The number of benzene rings is 2. The van der Waals surface area contributed by atoms with Crippen LogP contribution in [0, 0.1) is 17.5 Å². The van der Waals surface area contributed by atoms with Crippen LogP contribution < -0.4 is 4.74 Å². The largest absolute Gasteiger partial charge is 0.484 e. The molecule has 1 amide bonds. The normalized spacial score (nSPS) is 22.3. The molecule has 13 heteroatoms. The summed E-state index contributed by atoms with van der Waals surface area (Å²) in [6, 6.07) is 6.88. The van der Waals surface area contributed by atoms with Crippen molar-refractivity contribution in [3.8, 4) is 17.0 Å². The van der Waals surface area contributed by atoms with Gasteiger partial charge < -0.3 is 24.6 Å². The summed E-state index contributed by atoms with van der Waals surface area (Å²) in [7, 11) is 1.28. The van der Waals surface area contributed by atoms with Gasteiger partial charge in [-0.25, -0.2) is 17.9 Å². The fourth-order valence-corrected chi connectivity index (χ4v) is 3.86. The number of hydrogen-bond donors (Lipinski definition) is 2. The van der Waals surface area contributed by atoms with Gasteiger partial charge in [0.05, 0.1) is 18.9 Å². The van der Waals surface area contributed by atoms with E-state index in [9.17, 15) is 33.0 Å². The number of aromatic nitrogens is 3. The summed E-state index contributed by atoms with van der Waals surface area (Å²) in [5.41, 5.74) is 0.609. The Balaban J connectivity index is 1.54. The molecule has 1 fully saturated rings. The molecule has 4 rings (SSSR count). The Kier molecular flexibility index (Phi) is 7.86. The van der Waals surface area contributed by atoms with Crippen molar-refractivity contribution in [2.45, 2.75) is 30.9 Å². The van der Waals surface area contributed by atoms with E-state index in [-0.39, 0.29) is 24.5 Å². The van der Waals surface area contributed by atoms with Crippen molar-refractivity contribution in [2.75, 3.05) is 20.3 Å². The topological polar surface area (TPSA) is 127 Å². The van der Waals surface area contributed by atoms with Gasteiger partial charge in [0.15, 0.2) is 30.3 Å². The molecule has 0 aliphatic carbocycles. The highest BCUT2D eigenvalue weighted by Gasteiger charge is 2.42. The zero-order chi connectivity index (χ0) is 26.7. The van der Waals surface area contributed by atoms with Crippen LogP contribution in [-0.2, 0) is 14.3 Å². The van der Waals surface area contributed by atoms with E-state index < -0.39 is 60.2 Å². The first-order valence-corrected chi connectivity index (χ1v) is 11.2. The second-order valence-electron chi connectivity index (χ2n) is 8.45. The van der Waals surface area contributed by atoms with Gasteiger partial charge in [0.25, 0.3) is 5.91 Å². The van der Waals surface area contributed by atoms with Crippen molar-refractivity contribution in [1.29, 1.82) is 0 Å². The van der Waals surface area contributed by atoms with Gasteiger partial charge in [-0.3, -0.25) is 9.59 Å². The van der Waals surface area contributed by atoms with Gasteiger partial charge in [0.1, 0.15) is 29.4 Å². The summed E-state index contributed by atoms with van der Waals surface area (Å²) >= 11 is 0. The molecule has 1 aliphatic rings. The minimum atomic E-state index is -1.65. The van der Waals surface area contributed by atoms with Crippen LogP contribution in [0.25, 0.3) is 11.3 Å². The Morgan fingerprint density at radius 3 is 2.70 bits per heavy atom. The van der Waals surface area contributed by atoms with E-state index in [1.165, 1.54) is 31.4 Å². The number of rotatable bonds is 6. The monoisotopic (exact) mass is 520 g/mol. The minimum Gasteiger partial charge on any atom is -0.484 e. The lowest BCUT2D eigenvalue weighted by Gasteiger charge is -2.37. The van der Waals surface area contributed by atoms with Crippen molar-refractivity contribution < 1.29 is 42.4 Å². The van der Waals surface area contributed by atoms with Crippen molar-refractivity contribution in [2.24, 2.45) is 0 Å². The number of halogens is 3. The Morgan fingerprint density at radius 2 is 1.97 bits per heavy atom.